The maximum atomic E-state index is 13.5. The first-order valence-electron chi connectivity index (χ1n) is 7.31. The summed E-state index contributed by atoms with van der Waals surface area (Å²) in [5.41, 5.74) is 1.32. The van der Waals surface area contributed by atoms with Gasteiger partial charge in [-0.3, -0.25) is 0 Å². The van der Waals surface area contributed by atoms with Gasteiger partial charge in [0.15, 0.2) is 0 Å². The number of halogens is 2. The standard InChI is InChI=1S/C17H27BrFNO/c1-16(2,3)20-11-17(4,5)8-7-12-9-13(18)14(19)10-15(12)21-6/h9-10,20H,7-8,11H2,1-6H3. The molecule has 0 aliphatic heterocycles. The van der Waals surface area contributed by atoms with E-state index in [9.17, 15) is 4.39 Å². The largest absolute Gasteiger partial charge is 0.496 e. The Bertz CT molecular complexity index is 480. The second-order valence-corrected chi connectivity index (χ2v) is 8.20. The highest BCUT2D eigenvalue weighted by molar-refractivity contribution is 9.10. The van der Waals surface area contributed by atoms with Crippen molar-refractivity contribution in [3.8, 4) is 5.75 Å². The number of methoxy groups -OCH3 is 1. The van der Waals surface area contributed by atoms with Gasteiger partial charge in [0.25, 0.3) is 0 Å². The van der Waals surface area contributed by atoms with E-state index >= 15 is 0 Å². The summed E-state index contributed by atoms with van der Waals surface area (Å²) in [7, 11) is 1.58. The smallest absolute Gasteiger partial charge is 0.141 e. The zero-order valence-electron chi connectivity index (χ0n) is 13.9. The SMILES string of the molecule is COc1cc(F)c(Br)cc1CCC(C)(C)CNC(C)(C)C. The fraction of sp³-hybridized carbons (Fsp3) is 0.647. The van der Waals surface area contributed by atoms with Gasteiger partial charge in [0.1, 0.15) is 11.6 Å². The van der Waals surface area contributed by atoms with Crippen molar-refractivity contribution in [1.29, 1.82) is 0 Å². The van der Waals surface area contributed by atoms with Crippen molar-refractivity contribution >= 4 is 15.9 Å². The van der Waals surface area contributed by atoms with E-state index in [2.05, 4.69) is 55.9 Å². The second-order valence-electron chi connectivity index (χ2n) is 7.35. The van der Waals surface area contributed by atoms with Gasteiger partial charge in [-0.1, -0.05) is 13.8 Å². The van der Waals surface area contributed by atoms with E-state index in [1.165, 1.54) is 6.07 Å². The van der Waals surface area contributed by atoms with E-state index < -0.39 is 0 Å². The third-order valence-electron chi connectivity index (χ3n) is 3.49. The van der Waals surface area contributed by atoms with Crippen molar-refractivity contribution in [2.45, 2.75) is 53.0 Å². The average molecular weight is 360 g/mol. The zero-order chi connectivity index (χ0) is 16.3. The fourth-order valence-electron chi connectivity index (χ4n) is 2.02. The molecule has 1 aromatic carbocycles. The highest BCUT2D eigenvalue weighted by Crippen LogP contribution is 2.30. The lowest BCUT2D eigenvalue weighted by atomic mass is 9.85. The third kappa shape index (κ3) is 6.35. The highest BCUT2D eigenvalue weighted by Gasteiger charge is 2.21. The summed E-state index contributed by atoms with van der Waals surface area (Å²) in [5, 5.41) is 3.55. The van der Waals surface area contributed by atoms with E-state index in [4.69, 9.17) is 4.74 Å². The number of hydrogen-bond acceptors (Lipinski definition) is 2. The van der Waals surface area contributed by atoms with Crippen LogP contribution >= 0.6 is 15.9 Å². The molecule has 0 aromatic heterocycles. The van der Waals surface area contributed by atoms with Gasteiger partial charge >= 0.3 is 0 Å². The monoisotopic (exact) mass is 359 g/mol. The molecule has 21 heavy (non-hydrogen) atoms. The molecule has 0 saturated heterocycles. The van der Waals surface area contributed by atoms with Crippen LogP contribution in [0.4, 0.5) is 4.39 Å². The van der Waals surface area contributed by atoms with Gasteiger partial charge < -0.3 is 10.1 Å². The summed E-state index contributed by atoms with van der Waals surface area (Å²) in [5.74, 6) is 0.333. The molecule has 0 heterocycles. The van der Waals surface area contributed by atoms with Crippen molar-refractivity contribution in [1.82, 2.24) is 5.32 Å². The van der Waals surface area contributed by atoms with Gasteiger partial charge in [0.05, 0.1) is 11.6 Å². The summed E-state index contributed by atoms with van der Waals surface area (Å²) < 4.78 is 19.3. The highest BCUT2D eigenvalue weighted by atomic mass is 79.9. The minimum absolute atomic E-state index is 0.119. The predicted molar refractivity (Wildman–Crippen MR) is 90.5 cm³/mol. The molecule has 120 valence electrons. The second kappa shape index (κ2) is 7.10. The summed E-state index contributed by atoms with van der Waals surface area (Å²) in [6, 6.07) is 3.27. The molecule has 0 unspecified atom stereocenters. The molecule has 1 rings (SSSR count). The number of rotatable bonds is 6. The molecule has 0 radical (unpaired) electrons. The van der Waals surface area contributed by atoms with Crippen LogP contribution in [-0.4, -0.2) is 19.2 Å². The van der Waals surface area contributed by atoms with Crippen LogP contribution in [0.15, 0.2) is 16.6 Å². The van der Waals surface area contributed by atoms with E-state index in [1.54, 1.807) is 7.11 Å². The van der Waals surface area contributed by atoms with Crippen LogP contribution in [0, 0.1) is 11.2 Å². The Labute approximate surface area is 136 Å². The summed E-state index contributed by atoms with van der Waals surface area (Å²) in [4.78, 5) is 0. The van der Waals surface area contributed by atoms with Crippen molar-refractivity contribution in [3.63, 3.8) is 0 Å². The van der Waals surface area contributed by atoms with Crippen molar-refractivity contribution < 1.29 is 9.13 Å². The maximum absolute atomic E-state index is 13.5. The molecule has 4 heteroatoms. The van der Waals surface area contributed by atoms with Gasteiger partial charge in [0.2, 0.25) is 0 Å². The number of benzene rings is 1. The molecule has 0 aliphatic carbocycles. The molecule has 0 atom stereocenters. The van der Waals surface area contributed by atoms with Crippen molar-refractivity contribution in [2.24, 2.45) is 5.41 Å². The van der Waals surface area contributed by atoms with Crippen LogP contribution in [0.1, 0.15) is 46.6 Å². The Hall–Kier alpha value is -0.610. The lowest BCUT2D eigenvalue weighted by Gasteiger charge is -2.30. The average Bonchev–Trinajstić information content (AvgIpc) is 2.37. The molecule has 0 saturated carbocycles. The molecule has 2 nitrogen and oxygen atoms in total. The topological polar surface area (TPSA) is 21.3 Å². The Morgan fingerprint density at radius 2 is 1.81 bits per heavy atom. The van der Waals surface area contributed by atoms with Crippen molar-refractivity contribution in [2.75, 3.05) is 13.7 Å². The van der Waals surface area contributed by atoms with Crippen LogP contribution in [-0.2, 0) is 6.42 Å². The van der Waals surface area contributed by atoms with Crippen LogP contribution in [0.5, 0.6) is 5.75 Å². The minimum Gasteiger partial charge on any atom is -0.496 e. The quantitative estimate of drug-likeness (QED) is 0.776. The van der Waals surface area contributed by atoms with Crippen LogP contribution in [0.2, 0.25) is 0 Å². The van der Waals surface area contributed by atoms with Gasteiger partial charge in [-0.25, -0.2) is 4.39 Å². The van der Waals surface area contributed by atoms with Gasteiger partial charge in [-0.15, -0.1) is 0 Å². The van der Waals surface area contributed by atoms with Crippen LogP contribution in [0.3, 0.4) is 0 Å². The number of aryl methyl sites for hydroxylation is 1. The molecular weight excluding hydrogens is 333 g/mol. The fourth-order valence-corrected chi connectivity index (χ4v) is 2.41. The lowest BCUT2D eigenvalue weighted by Crippen LogP contribution is -2.42. The maximum Gasteiger partial charge on any atom is 0.141 e. The normalized spacial score (nSPS) is 12.6. The molecule has 0 spiro atoms. The van der Waals surface area contributed by atoms with Gasteiger partial charge in [-0.05, 0) is 66.6 Å². The van der Waals surface area contributed by atoms with Crippen LogP contribution in [0.25, 0.3) is 0 Å². The zero-order valence-corrected chi connectivity index (χ0v) is 15.5. The van der Waals surface area contributed by atoms with Gasteiger partial charge in [0, 0.05) is 18.2 Å². The summed E-state index contributed by atoms with van der Waals surface area (Å²) in [6.45, 7) is 11.9. The molecular formula is C17H27BrFNO. The molecule has 1 aromatic rings. The van der Waals surface area contributed by atoms with Gasteiger partial charge in [-0.2, -0.15) is 0 Å². The number of hydrogen-bond donors (Lipinski definition) is 1. The van der Waals surface area contributed by atoms with E-state index in [0.29, 0.717) is 10.2 Å². The summed E-state index contributed by atoms with van der Waals surface area (Å²) in [6.07, 6.45) is 1.87. The first-order chi connectivity index (χ1) is 9.54. The Balaban J connectivity index is 2.72. The molecule has 0 fully saturated rings. The Morgan fingerprint density at radius 1 is 1.19 bits per heavy atom. The molecule has 1 N–H and O–H groups in total. The third-order valence-corrected chi connectivity index (χ3v) is 4.10. The lowest BCUT2D eigenvalue weighted by molar-refractivity contribution is 0.272. The minimum atomic E-state index is -0.288. The van der Waals surface area contributed by atoms with E-state index in [0.717, 1.165) is 24.9 Å². The molecule has 0 amide bonds. The Kier molecular flexibility index (Phi) is 6.23. The number of ether oxygens (including phenoxy) is 1. The molecule has 0 bridgehead atoms. The summed E-state index contributed by atoms with van der Waals surface area (Å²) >= 11 is 3.24. The van der Waals surface area contributed by atoms with Crippen LogP contribution < -0.4 is 10.1 Å². The predicted octanol–water partition coefficient (Wildman–Crippen LogP) is 4.94. The first-order valence-corrected chi connectivity index (χ1v) is 8.10. The molecule has 0 aliphatic rings. The van der Waals surface area contributed by atoms with Crippen molar-refractivity contribution in [3.05, 3.63) is 28.0 Å². The van der Waals surface area contributed by atoms with E-state index in [-0.39, 0.29) is 16.8 Å². The van der Waals surface area contributed by atoms with E-state index in [1.807, 2.05) is 6.07 Å². The number of nitrogens with one attached hydrogen (secondary N) is 1. The first kappa shape index (κ1) is 18.4. The Morgan fingerprint density at radius 3 is 2.33 bits per heavy atom.